The highest BCUT2D eigenvalue weighted by Gasteiger charge is 2.13. The number of H-pyrrole nitrogens is 1. The number of benzene rings is 1. The number of aromatic amines is 1. The molecule has 2 heterocycles. The van der Waals surface area contributed by atoms with Gasteiger partial charge in [0.25, 0.3) is 0 Å². The van der Waals surface area contributed by atoms with Crippen LogP contribution in [0.3, 0.4) is 0 Å². The molecule has 3 rings (SSSR count). The van der Waals surface area contributed by atoms with Crippen molar-refractivity contribution in [3.05, 3.63) is 65.9 Å². The van der Waals surface area contributed by atoms with Crippen LogP contribution >= 0.6 is 0 Å². The Morgan fingerprint density at radius 1 is 1.17 bits per heavy atom. The van der Waals surface area contributed by atoms with E-state index < -0.39 is 0 Å². The summed E-state index contributed by atoms with van der Waals surface area (Å²) in [5, 5.41) is 0.770. The zero-order valence-electron chi connectivity index (χ0n) is 9.35. The normalized spacial score (nSPS) is 10.7. The maximum atomic E-state index is 12.8. The number of ketones is 1. The van der Waals surface area contributed by atoms with Gasteiger partial charge in [0, 0.05) is 40.6 Å². The molecule has 0 spiro atoms. The maximum Gasteiger partial charge on any atom is 0.195 e. The molecule has 2 aromatic heterocycles. The smallest absolute Gasteiger partial charge is 0.195 e. The van der Waals surface area contributed by atoms with Crippen molar-refractivity contribution in [3.8, 4) is 0 Å². The Balaban J connectivity index is 2.09. The topological polar surface area (TPSA) is 45.8 Å². The van der Waals surface area contributed by atoms with Crippen LogP contribution in [0.5, 0.6) is 0 Å². The van der Waals surface area contributed by atoms with E-state index in [0.717, 1.165) is 10.9 Å². The standard InChI is InChI=1S/C14H9FN2O/c15-10-3-1-9(2-4-10)14(18)12-8-17-13-5-6-16-7-11(12)13/h1-8,17H. The molecule has 1 aromatic carbocycles. The number of rotatable bonds is 2. The third-order valence-corrected chi connectivity index (χ3v) is 2.83. The van der Waals surface area contributed by atoms with E-state index in [9.17, 15) is 9.18 Å². The van der Waals surface area contributed by atoms with Crippen LogP contribution in [-0.2, 0) is 0 Å². The molecule has 1 N–H and O–H groups in total. The van der Waals surface area contributed by atoms with Gasteiger partial charge in [0.05, 0.1) is 0 Å². The van der Waals surface area contributed by atoms with Gasteiger partial charge >= 0.3 is 0 Å². The molecule has 0 radical (unpaired) electrons. The summed E-state index contributed by atoms with van der Waals surface area (Å²) in [6, 6.07) is 7.32. The predicted octanol–water partition coefficient (Wildman–Crippen LogP) is 2.93. The summed E-state index contributed by atoms with van der Waals surface area (Å²) in [6.07, 6.45) is 4.95. The SMILES string of the molecule is O=C(c1ccc(F)cc1)c1c[nH]c2ccncc12. The maximum absolute atomic E-state index is 12.8. The molecule has 0 aliphatic rings. The van der Waals surface area contributed by atoms with Gasteiger partial charge in [-0.05, 0) is 30.3 Å². The van der Waals surface area contributed by atoms with E-state index >= 15 is 0 Å². The zero-order chi connectivity index (χ0) is 12.5. The molecule has 4 heteroatoms. The Hall–Kier alpha value is -2.49. The predicted molar refractivity (Wildman–Crippen MR) is 65.9 cm³/mol. The van der Waals surface area contributed by atoms with E-state index in [1.807, 2.05) is 0 Å². The van der Waals surface area contributed by atoms with Crippen molar-refractivity contribution in [3.63, 3.8) is 0 Å². The largest absolute Gasteiger partial charge is 0.360 e. The molecule has 3 nitrogen and oxygen atoms in total. The fourth-order valence-electron chi connectivity index (χ4n) is 1.91. The average molecular weight is 240 g/mol. The van der Waals surface area contributed by atoms with E-state index in [2.05, 4.69) is 9.97 Å². The van der Waals surface area contributed by atoms with Crippen molar-refractivity contribution in [1.82, 2.24) is 9.97 Å². The van der Waals surface area contributed by atoms with Gasteiger partial charge in [0.15, 0.2) is 5.78 Å². The van der Waals surface area contributed by atoms with Crippen LogP contribution < -0.4 is 0 Å². The fraction of sp³-hybridized carbons (Fsp3) is 0. The summed E-state index contributed by atoms with van der Waals surface area (Å²) in [7, 11) is 0. The van der Waals surface area contributed by atoms with Crippen LogP contribution in [0, 0.1) is 5.82 Å². The lowest BCUT2D eigenvalue weighted by molar-refractivity contribution is 0.104. The van der Waals surface area contributed by atoms with E-state index in [-0.39, 0.29) is 11.6 Å². The van der Waals surface area contributed by atoms with Gasteiger partial charge in [-0.15, -0.1) is 0 Å². The quantitative estimate of drug-likeness (QED) is 0.700. The highest BCUT2D eigenvalue weighted by Crippen LogP contribution is 2.20. The van der Waals surface area contributed by atoms with Crippen LogP contribution in [0.4, 0.5) is 4.39 Å². The van der Waals surface area contributed by atoms with Gasteiger partial charge in [-0.1, -0.05) is 0 Å². The second kappa shape index (κ2) is 4.07. The summed E-state index contributed by atoms with van der Waals surface area (Å²) in [5.41, 5.74) is 1.86. The second-order valence-electron chi connectivity index (χ2n) is 3.96. The number of aromatic nitrogens is 2. The van der Waals surface area contributed by atoms with Gasteiger partial charge in [-0.25, -0.2) is 4.39 Å². The van der Waals surface area contributed by atoms with Crippen LogP contribution in [0.25, 0.3) is 10.9 Å². The van der Waals surface area contributed by atoms with Crippen LogP contribution in [0.15, 0.2) is 48.9 Å². The van der Waals surface area contributed by atoms with Crippen molar-refractivity contribution < 1.29 is 9.18 Å². The minimum Gasteiger partial charge on any atom is -0.360 e. The summed E-state index contributed by atoms with van der Waals surface area (Å²) < 4.78 is 12.8. The van der Waals surface area contributed by atoms with Gasteiger partial charge in [0.2, 0.25) is 0 Å². The number of fused-ring (bicyclic) bond motifs is 1. The lowest BCUT2D eigenvalue weighted by Gasteiger charge is -1.99. The van der Waals surface area contributed by atoms with E-state index in [0.29, 0.717) is 11.1 Å². The van der Waals surface area contributed by atoms with E-state index in [4.69, 9.17) is 0 Å². The average Bonchev–Trinajstić information content (AvgIpc) is 2.82. The first-order valence-electron chi connectivity index (χ1n) is 5.47. The van der Waals surface area contributed by atoms with Crippen molar-refractivity contribution in [2.75, 3.05) is 0 Å². The van der Waals surface area contributed by atoms with Crippen LogP contribution in [-0.4, -0.2) is 15.8 Å². The van der Waals surface area contributed by atoms with E-state index in [1.54, 1.807) is 24.7 Å². The Bertz CT molecular complexity index is 716. The molecule has 18 heavy (non-hydrogen) atoms. The Kier molecular flexibility index (Phi) is 2.41. The van der Waals surface area contributed by atoms with Crippen molar-refractivity contribution in [1.29, 1.82) is 0 Å². The molecule has 0 aliphatic carbocycles. The lowest BCUT2D eigenvalue weighted by atomic mass is 10.0. The molecule has 0 bridgehead atoms. The first-order valence-corrected chi connectivity index (χ1v) is 5.47. The molecule has 3 aromatic rings. The lowest BCUT2D eigenvalue weighted by Crippen LogP contribution is -2.00. The Morgan fingerprint density at radius 2 is 1.94 bits per heavy atom. The first-order chi connectivity index (χ1) is 8.75. The van der Waals surface area contributed by atoms with Gasteiger partial charge in [-0.3, -0.25) is 9.78 Å². The number of nitrogens with one attached hydrogen (secondary N) is 1. The summed E-state index contributed by atoms with van der Waals surface area (Å²) >= 11 is 0. The fourth-order valence-corrected chi connectivity index (χ4v) is 1.91. The number of hydrogen-bond donors (Lipinski definition) is 1. The van der Waals surface area contributed by atoms with Gasteiger partial charge in [-0.2, -0.15) is 0 Å². The number of carbonyl (C=O) groups excluding carboxylic acids is 1. The van der Waals surface area contributed by atoms with Crippen molar-refractivity contribution in [2.45, 2.75) is 0 Å². The molecule has 0 saturated carbocycles. The molecule has 0 amide bonds. The molecule has 0 aliphatic heterocycles. The molecular weight excluding hydrogens is 231 g/mol. The van der Waals surface area contributed by atoms with Gasteiger partial charge < -0.3 is 4.98 Å². The number of pyridine rings is 1. The highest BCUT2D eigenvalue weighted by molar-refractivity contribution is 6.16. The zero-order valence-corrected chi connectivity index (χ0v) is 9.35. The summed E-state index contributed by atoms with van der Waals surface area (Å²) in [5.74, 6) is -0.499. The molecular formula is C14H9FN2O. The highest BCUT2D eigenvalue weighted by atomic mass is 19.1. The molecule has 0 atom stereocenters. The summed E-state index contributed by atoms with van der Waals surface area (Å²) in [4.78, 5) is 19.3. The van der Waals surface area contributed by atoms with Crippen molar-refractivity contribution in [2.24, 2.45) is 0 Å². The molecule has 0 fully saturated rings. The van der Waals surface area contributed by atoms with Crippen molar-refractivity contribution >= 4 is 16.7 Å². The van der Waals surface area contributed by atoms with Crippen LogP contribution in [0.2, 0.25) is 0 Å². The third kappa shape index (κ3) is 1.68. The van der Waals surface area contributed by atoms with Gasteiger partial charge in [0.1, 0.15) is 5.82 Å². The third-order valence-electron chi connectivity index (χ3n) is 2.83. The minimum atomic E-state index is -0.354. The second-order valence-corrected chi connectivity index (χ2v) is 3.96. The number of carbonyl (C=O) groups is 1. The summed E-state index contributed by atoms with van der Waals surface area (Å²) in [6.45, 7) is 0. The number of hydrogen-bond acceptors (Lipinski definition) is 2. The minimum absolute atomic E-state index is 0.144. The molecule has 0 unspecified atom stereocenters. The first kappa shape index (κ1) is 10.7. The monoisotopic (exact) mass is 240 g/mol. The number of nitrogens with zero attached hydrogens (tertiary/aromatic N) is 1. The van der Waals surface area contributed by atoms with E-state index in [1.165, 1.54) is 24.3 Å². The molecule has 88 valence electrons. The Labute approximate surface area is 102 Å². The van der Waals surface area contributed by atoms with Crippen LogP contribution in [0.1, 0.15) is 15.9 Å². The number of halogens is 1. The Morgan fingerprint density at radius 3 is 2.72 bits per heavy atom. The molecule has 0 saturated heterocycles.